The largest absolute Gasteiger partial charge is 0.354 e. The van der Waals surface area contributed by atoms with Crippen molar-refractivity contribution in [1.29, 1.82) is 0 Å². The smallest absolute Gasteiger partial charge is 0.261 e. The number of aryl methyl sites for hydroxylation is 1. The molecule has 0 bridgehead atoms. The predicted octanol–water partition coefficient (Wildman–Crippen LogP) is 3.24. The number of unbranched alkanes of at least 4 members (excludes halogenated alkanes) is 1. The second-order valence-electron chi connectivity index (χ2n) is 5.19. The van der Waals surface area contributed by atoms with Gasteiger partial charge in [-0.3, -0.25) is 4.79 Å². The van der Waals surface area contributed by atoms with Crippen LogP contribution in [-0.2, 0) is 20.3 Å². The van der Waals surface area contributed by atoms with Crippen molar-refractivity contribution >= 4 is 25.6 Å². The molecule has 0 spiro atoms. The van der Waals surface area contributed by atoms with E-state index in [9.17, 15) is 13.2 Å². The Morgan fingerprint density at radius 2 is 1.90 bits per heavy atom. The maximum atomic E-state index is 11.6. The minimum atomic E-state index is -3.66. The lowest BCUT2D eigenvalue weighted by molar-refractivity contribution is -0.121. The molecule has 6 heteroatoms. The molecule has 1 rings (SSSR count). The molecule has 0 saturated carbocycles. The standard InChI is InChI=1S/C15H22ClNO3S/c1-3-4-5-15(18)17-12(2)6-7-13-8-10-14(11-9-13)21(16,19)20/h8-12H,3-7H2,1-2H3,(H,17,18). The summed E-state index contributed by atoms with van der Waals surface area (Å²) in [5, 5.41) is 2.96. The molecule has 4 nitrogen and oxygen atoms in total. The molecule has 0 aliphatic carbocycles. The fraction of sp³-hybridized carbons (Fsp3) is 0.533. The zero-order valence-electron chi connectivity index (χ0n) is 12.4. The van der Waals surface area contributed by atoms with Gasteiger partial charge in [-0.15, -0.1) is 0 Å². The van der Waals surface area contributed by atoms with Gasteiger partial charge in [0.15, 0.2) is 0 Å². The second kappa shape index (κ2) is 8.39. The lowest BCUT2D eigenvalue weighted by Crippen LogP contribution is -2.32. The third kappa shape index (κ3) is 6.96. The van der Waals surface area contributed by atoms with Crippen LogP contribution >= 0.6 is 10.7 Å². The third-order valence-corrected chi connectivity index (χ3v) is 4.61. The number of nitrogens with one attached hydrogen (secondary N) is 1. The number of hydrogen-bond donors (Lipinski definition) is 1. The molecule has 21 heavy (non-hydrogen) atoms. The van der Waals surface area contributed by atoms with Gasteiger partial charge in [-0.2, -0.15) is 0 Å². The van der Waals surface area contributed by atoms with Crippen LogP contribution in [0.25, 0.3) is 0 Å². The highest BCUT2D eigenvalue weighted by molar-refractivity contribution is 8.13. The number of rotatable bonds is 8. The molecular weight excluding hydrogens is 310 g/mol. The molecule has 0 aliphatic rings. The van der Waals surface area contributed by atoms with Gasteiger partial charge in [-0.05, 0) is 43.9 Å². The topological polar surface area (TPSA) is 63.2 Å². The van der Waals surface area contributed by atoms with Gasteiger partial charge in [0, 0.05) is 23.1 Å². The molecule has 0 aromatic heterocycles. The molecule has 1 N–H and O–H groups in total. The summed E-state index contributed by atoms with van der Waals surface area (Å²) in [6.45, 7) is 4.03. The average molecular weight is 332 g/mol. The number of amides is 1. The number of benzene rings is 1. The van der Waals surface area contributed by atoms with E-state index in [4.69, 9.17) is 10.7 Å². The van der Waals surface area contributed by atoms with Crippen LogP contribution < -0.4 is 5.32 Å². The summed E-state index contributed by atoms with van der Waals surface area (Å²) in [7, 11) is 1.60. The van der Waals surface area contributed by atoms with Crippen LogP contribution in [0, 0.1) is 0 Å². The predicted molar refractivity (Wildman–Crippen MR) is 84.9 cm³/mol. The number of carbonyl (C=O) groups excluding carboxylic acids is 1. The second-order valence-corrected chi connectivity index (χ2v) is 7.76. The summed E-state index contributed by atoms with van der Waals surface area (Å²) in [4.78, 5) is 11.7. The molecule has 1 amide bonds. The van der Waals surface area contributed by atoms with Gasteiger partial charge in [-0.1, -0.05) is 25.5 Å². The van der Waals surface area contributed by atoms with E-state index in [0.29, 0.717) is 6.42 Å². The normalized spacial score (nSPS) is 12.9. The molecule has 1 unspecified atom stereocenters. The first-order chi connectivity index (χ1) is 9.82. The third-order valence-electron chi connectivity index (χ3n) is 3.24. The first kappa shape index (κ1) is 18.0. The van der Waals surface area contributed by atoms with Crippen LogP contribution in [0.5, 0.6) is 0 Å². The molecule has 0 fully saturated rings. The number of halogens is 1. The van der Waals surface area contributed by atoms with Crippen LogP contribution in [0.4, 0.5) is 0 Å². The molecule has 0 radical (unpaired) electrons. The van der Waals surface area contributed by atoms with Gasteiger partial charge in [0.2, 0.25) is 5.91 Å². The Balaban J connectivity index is 2.43. The monoisotopic (exact) mass is 331 g/mol. The van der Waals surface area contributed by atoms with Gasteiger partial charge in [0.25, 0.3) is 9.05 Å². The minimum absolute atomic E-state index is 0.0907. The number of carbonyl (C=O) groups is 1. The highest BCUT2D eigenvalue weighted by Crippen LogP contribution is 2.16. The molecule has 1 aromatic carbocycles. The molecule has 0 heterocycles. The van der Waals surface area contributed by atoms with Crippen molar-refractivity contribution in [3.63, 3.8) is 0 Å². The van der Waals surface area contributed by atoms with Crippen LogP contribution in [0.3, 0.4) is 0 Å². The molecule has 118 valence electrons. The minimum Gasteiger partial charge on any atom is -0.354 e. The van der Waals surface area contributed by atoms with Crippen molar-refractivity contribution in [1.82, 2.24) is 5.32 Å². The maximum Gasteiger partial charge on any atom is 0.261 e. The van der Waals surface area contributed by atoms with Crippen LogP contribution in [0.15, 0.2) is 29.2 Å². The maximum absolute atomic E-state index is 11.6. The van der Waals surface area contributed by atoms with Crippen molar-refractivity contribution in [2.75, 3.05) is 0 Å². The fourth-order valence-corrected chi connectivity index (χ4v) is 2.73. The highest BCUT2D eigenvalue weighted by Gasteiger charge is 2.10. The summed E-state index contributed by atoms with van der Waals surface area (Å²) >= 11 is 0. The van der Waals surface area contributed by atoms with Crippen molar-refractivity contribution in [3.05, 3.63) is 29.8 Å². The van der Waals surface area contributed by atoms with Gasteiger partial charge in [-0.25, -0.2) is 8.42 Å². The van der Waals surface area contributed by atoms with E-state index >= 15 is 0 Å². The lowest BCUT2D eigenvalue weighted by Gasteiger charge is -2.13. The van der Waals surface area contributed by atoms with E-state index in [0.717, 1.165) is 31.2 Å². The zero-order valence-corrected chi connectivity index (χ0v) is 14.0. The summed E-state index contributed by atoms with van der Waals surface area (Å²) in [5.41, 5.74) is 1.02. The molecular formula is C15H22ClNO3S. The van der Waals surface area contributed by atoms with Gasteiger partial charge in [0.05, 0.1) is 4.90 Å². The van der Waals surface area contributed by atoms with Crippen molar-refractivity contribution in [3.8, 4) is 0 Å². The fourth-order valence-electron chi connectivity index (χ4n) is 1.96. The van der Waals surface area contributed by atoms with Gasteiger partial charge < -0.3 is 5.32 Å². The van der Waals surface area contributed by atoms with E-state index < -0.39 is 9.05 Å². The highest BCUT2D eigenvalue weighted by atomic mass is 35.7. The van der Waals surface area contributed by atoms with Crippen molar-refractivity contribution in [2.45, 2.75) is 56.9 Å². The van der Waals surface area contributed by atoms with Crippen molar-refractivity contribution in [2.24, 2.45) is 0 Å². The van der Waals surface area contributed by atoms with Crippen LogP contribution in [0.1, 0.15) is 45.1 Å². The summed E-state index contributed by atoms with van der Waals surface area (Å²) in [5.74, 6) is 0.0907. The Hall–Kier alpha value is -1.07. The summed E-state index contributed by atoms with van der Waals surface area (Å²) in [6.07, 6.45) is 4.08. The van der Waals surface area contributed by atoms with Gasteiger partial charge in [0.1, 0.15) is 0 Å². The van der Waals surface area contributed by atoms with Gasteiger partial charge >= 0.3 is 0 Å². The Kier molecular flexibility index (Phi) is 7.18. The first-order valence-corrected chi connectivity index (χ1v) is 9.47. The Labute approximate surface area is 131 Å². The van der Waals surface area contributed by atoms with E-state index in [1.807, 2.05) is 6.92 Å². The zero-order chi connectivity index (χ0) is 15.9. The summed E-state index contributed by atoms with van der Waals surface area (Å²) < 4.78 is 22.3. The Bertz CT molecular complexity index is 555. The van der Waals surface area contributed by atoms with E-state index in [1.54, 1.807) is 12.1 Å². The van der Waals surface area contributed by atoms with E-state index in [-0.39, 0.29) is 16.8 Å². The van der Waals surface area contributed by atoms with E-state index in [2.05, 4.69) is 12.2 Å². The lowest BCUT2D eigenvalue weighted by atomic mass is 10.1. The SMILES string of the molecule is CCCCC(=O)NC(C)CCc1ccc(S(=O)(=O)Cl)cc1. The average Bonchev–Trinajstić information content (AvgIpc) is 2.42. The quantitative estimate of drug-likeness (QED) is 0.744. The van der Waals surface area contributed by atoms with E-state index in [1.165, 1.54) is 12.1 Å². The first-order valence-electron chi connectivity index (χ1n) is 7.16. The van der Waals surface area contributed by atoms with Crippen LogP contribution in [0.2, 0.25) is 0 Å². The molecule has 1 atom stereocenters. The molecule has 0 saturated heterocycles. The Morgan fingerprint density at radius 1 is 1.29 bits per heavy atom. The Morgan fingerprint density at radius 3 is 2.43 bits per heavy atom. The van der Waals surface area contributed by atoms with Crippen LogP contribution in [-0.4, -0.2) is 20.4 Å². The number of hydrogen-bond acceptors (Lipinski definition) is 3. The van der Waals surface area contributed by atoms with Crippen molar-refractivity contribution < 1.29 is 13.2 Å². The molecule has 1 aromatic rings. The summed E-state index contributed by atoms with van der Waals surface area (Å²) in [6, 6.07) is 6.61. The molecule has 0 aliphatic heterocycles.